The highest BCUT2D eigenvalue weighted by Gasteiger charge is 2.19. The minimum atomic E-state index is -3.66. The van der Waals surface area contributed by atoms with Gasteiger partial charge >= 0.3 is 0 Å². The summed E-state index contributed by atoms with van der Waals surface area (Å²) in [5.41, 5.74) is 3.11. The van der Waals surface area contributed by atoms with Gasteiger partial charge in [-0.25, -0.2) is 8.42 Å². The lowest BCUT2D eigenvalue weighted by Crippen LogP contribution is -2.44. The van der Waals surface area contributed by atoms with Gasteiger partial charge in [0.1, 0.15) is 5.75 Å². The van der Waals surface area contributed by atoms with Gasteiger partial charge in [0.25, 0.3) is 10.0 Å². The third kappa shape index (κ3) is 4.36. The number of anilines is 2. The van der Waals surface area contributed by atoms with Crippen molar-refractivity contribution in [3.63, 3.8) is 0 Å². The van der Waals surface area contributed by atoms with Crippen LogP contribution in [0.1, 0.15) is 11.1 Å². The Balaban J connectivity index is 1.77. The predicted octanol–water partition coefficient (Wildman–Crippen LogP) is 2.86. The first kappa shape index (κ1) is 19.5. The Kier molecular flexibility index (Phi) is 5.62. The summed E-state index contributed by atoms with van der Waals surface area (Å²) in [5, 5.41) is 0. The lowest BCUT2D eigenvalue weighted by molar-refractivity contribution is 0.313. The van der Waals surface area contributed by atoms with E-state index in [0.29, 0.717) is 17.0 Å². The van der Waals surface area contributed by atoms with Gasteiger partial charge in [-0.15, -0.1) is 0 Å². The Labute approximate surface area is 161 Å². The van der Waals surface area contributed by atoms with Gasteiger partial charge in [0.15, 0.2) is 0 Å². The van der Waals surface area contributed by atoms with E-state index in [1.54, 1.807) is 26.2 Å². The van der Waals surface area contributed by atoms with Crippen molar-refractivity contribution in [2.75, 3.05) is 50.0 Å². The van der Waals surface area contributed by atoms with Crippen LogP contribution in [0.4, 0.5) is 11.4 Å². The first-order chi connectivity index (χ1) is 12.8. The van der Waals surface area contributed by atoms with E-state index in [1.807, 2.05) is 31.2 Å². The van der Waals surface area contributed by atoms with E-state index in [9.17, 15) is 8.42 Å². The topological polar surface area (TPSA) is 61.9 Å². The van der Waals surface area contributed by atoms with E-state index in [0.717, 1.165) is 37.4 Å². The SMILES string of the molecule is COc1cc(C)c(S(=O)(=O)Nc2ccc(N3CCN(C)CC3)cc2)cc1C. The van der Waals surface area contributed by atoms with Crippen LogP contribution in [0.3, 0.4) is 0 Å². The molecule has 3 rings (SSSR count). The summed E-state index contributed by atoms with van der Waals surface area (Å²) in [5.74, 6) is 0.683. The van der Waals surface area contributed by atoms with Crippen LogP contribution in [0.2, 0.25) is 0 Å². The normalized spacial score (nSPS) is 15.6. The zero-order valence-corrected chi connectivity index (χ0v) is 17.1. The first-order valence-electron chi connectivity index (χ1n) is 9.02. The van der Waals surface area contributed by atoms with Crippen molar-refractivity contribution in [3.8, 4) is 5.75 Å². The molecular weight excluding hydrogens is 362 g/mol. The molecule has 146 valence electrons. The number of nitrogens with zero attached hydrogens (tertiary/aromatic N) is 2. The van der Waals surface area contributed by atoms with E-state index < -0.39 is 10.0 Å². The molecule has 0 saturated carbocycles. The lowest BCUT2D eigenvalue weighted by Gasteiger charge is -2.34. The maximum Gasteiger partial charge on any atom is 0.262 e. The fraction of sp³-hybridized carbons (Fsp3) is 0.400. The van der Waals surface area contributed by atoms with Gasteiger partial charge in [0.2, 0.25) is 0 Å². The fourth-order valence-corrected chi connectivity index (χ4v) is 4.66. The molecule has 6 nitrogen and oxygen atoms in total. The molecule has 1 saturated heterocycles. The van der Waals surface area contributed by atoms with Crippen LogP contribution in [0.15, 0.2) is 41.3 Å². The number of benzene rings is 2. The molecule has 0 unspecified atom stereocenters. The Bertz CT molecular complexity index is 903. The maximum absolute atomic E-state index is 12.8. The van der Waals surface area contributed by atoms with Gasteiger partial charge in [-0.3, -0.25) is 4.72 Å². The van der Waals surface area contributed by atoms with Crippen molar-refractivity contribution < 1.29 is 13.2 Å². The number of ether oxygens (including phenoxy) is 1. The highest BCUT2D eigenvalue weighted by atomic mass is 32.2. The zero-order valence-electron chi connectivity index (χ0n) is 16.3. The molecule has 0 aliphatic carbocycles. The number of sulfonamides is 1. The molecule has 0 radical (unpaired) electrons. The molecule has 0 aromatic heterocycles. The number of likely N-dealkylation sites (N-methyl/N-ethyl adjacent to an activating group) is 1. The summed E-state index contributed by atoms with van der Waals surface area (Å²) in [4.78, 5) is 4.89. The summed E-state index contributed by atoms with van der Waals surface area (Å²) in [6.07, 6.45) is 0. The molecule has 2 aromatic rings. The number of methoxy groups -OCH3 is 1. The molecule has 1 aliphatic rings. The molecule has 2 aromatic carbocycles. The Morgan fingerprint density at radius 1 is 0.963 bits per heavy atom. The third-order valence-corrected chi connectivity index (χ3v) is 6.49. The quantitative estimate of drug-likeness (QED) is 0.852. The molecule has 1 aliphatic heterocycles. The van der Waals surface area contributed by atoms with E-state index in [-0.39, 0.29) is 4.90 Å². The highest BCUT2D eigenvalue weighted by Crippen LogP contribution is 2.27. The second-order valence-corrected chi connectivity index (χ2v) is 8.68. The van der Waals surface area contributed by atoms with Gasteiger partial charge in [-0.1, -0.05) is 0 Å². The van der Waals surface area contributed by atoms with Crippen LogP contribution in [0.25, 0.3) is 0 Å². The van der Waals surface area contributed by atoms with Crippen LogP contribution in [0, 0.1) is 13.8 Å². The molecule has 0 atom stereocenters. The number of hydrogen-bond acceptors (Lipinski definition) is 5. The summed E-state index contributed by atoms with van der Waals surface area (Å²) < 4.78 is 33.6. The van der Waals surface area contributed by atoms with Crippen LogP contribution in [-0.4, -0.2) is 53.7 Å². The maximum atomic E-state index is 12.8. The van der Waals surface area contributed by atoms with Crippen molar-refractivity contribution in [1.29, 1.82) is 0 Å². The Morgan fingerprint density at radius 2 is 1.59 bits per heavy atom. The summed E-state index contributed by atoms with van der Waals surface area (Å²) in [6.45, 7) is 7.63. The average Bonchev–Trinajstić information content (AvgIpc) is 2.64. The zero-order chi connectivity index (χ0) is 19.6. The molecule has 27 heavy (non-hydrogen) atoms. The minimum Gasteiger partial charge on any atom is -0.496 e. The van der Waals surface area contributed by atoms with Gasteiger partial charge in [0, 0.05) is 37.6 Å². The standard InChI is InChI=1S/C20H27N3O3S/c1-15-14-20(16(2)13-19(15)26-4)27(24,25)21-17-5-7-18(8-6-17)23-11-9-22(3)10-12-23/h5-8,13-14,21H,9-12H2,1-4H3. The largest absolute Gasteiger partial charge is 0.496 e. The fourth-order valence-electron chi connectivity index (χ4n) is 3.29. The monoisotopic (exact) mass is 389 g/mol. The van der Waals surface area contributed by atoms with Gasteiger partial charge in [-0.2, -0.15) is 0 Å². The van der Waals surface area contributed by atoms with Crippen molar-refractivity contribution in [3.05, 3.63) is 47.5 Å². The molecule has 7 heteroatoms. The van der Waals surface area contributed by atoms with E-state index in [2.05, 4.69) is 21.6 Å². The smallest absolute Gasteiger partial charge is 0.262 e. The molecule has 1 fully saturated rings. The van der Waals surface area contributed by atoms with Crippen LogP contribution in [0.5, 0.6) is 5.75 Å². The second kappa shape index (κ2) is 7.78. The highest BCUT2D eigenvalue weighted by molar-refractivity contribution is 7.92. The molecule has 0 amide bonds. The van der Waals surface area contributed by atoms with E-state index in [1.165, 1.54) is 0 Å². The van der Waals surface area contributed by atoms with Gasteiger partial charge < -0.3 is 14.5 Å². The number of hydrogen-bond donors (Lipinski definition) is 1. The van der Waals surface area contributed by atoms with E-state index >= 15 is 0 Å². The number of piperazine rings is 1. The lowest BCUT2D eigenvalue weighted by atomic mass is 10.1. The predicted molar refractivity (Wildman–Crippen MR) is 109 cm³/mol. The molecule has 1 N–H and O–H groups in total. The van der Waals surface area contributed by atoms with Crippen molar-refractivity contribution in [2.24, 2.45) is 0 Å². The molecule has 0 spiro atoms. The van der Waals surface area contributed by atoms with E-state index in [4.69, 9.17) is 4.74 Å². The van der Waals surface area contributed by atoms with Crippen LogP contribution < -0.4 is 14.4 Å². The van der Waals surface area contributed by atoms with Crippen molar-refractivity contribution in [1.82, 2.24) is 4.90 Å². The molecule has 0 bridgehead atoms. The van der Waals surface area contributed by atoms with Crippen molar-refractivity contribution in [2.45, 2.75) is 18.7 Å². The summed E-state index contributed by atoms with van der Waals surface area (Å²) in [7, 11) is 0.0403. The number of rotatable bonds is 5. The minimum absolute atomic E-state index is 0.268. The Hall–Kier alpha value is -2.25. The average molecular weight is 390 g/mol. The third-order valence-electron chi connectivity index (χ3n) is 4.97. The molecular formula is C20H27N3O3S. The van der Waals surface area contributed by atoms with Gasteiger partial charge in [-0.05, 0) is 68.4 Å². The Morgan fingerprint density at radius 3 is 2.19 bits per heavy atom. The van der Waals surface area contributed by atoms with Crippen LogP contribution in [-0.2, 0) is 10.0 Å². The van der Waals surface area contributed by atoms with Crippen molar-refractivity contribution >= 4 is 21.4 Å². The second-order valence-electron chi connectivity index (χ2n) is 7.03. The molecule has 1 heterocycles. The summed E-state index contributed by atoms with van der Waals surface area (Å²) >= 11 is 0. The number of aryl methyl sites for hydroxylation is 2. The van der Waals surface area contributed by atoms with Crippen LogP contribution >= 0.6 is 0 Å². The first-order valence-corrected chi connectivity index (χ1v) is 10.5. The summed E-state index contributed by atoms with van der Waals surface area (Å²) in [6, 6.07) is 11.0. The van der Waals surface area contributed by atoms with Gasteiger partial charge in [0.05, 0.1) is 12.0 Å². The number of nitrogens with one attached hydrogen (secondary N) is 1.